The van der Waals surface area contributed by atoms with E-state index in [1.54, 1.807) is 31.4 Å². The van der Waals surface area contributed by atoms with E-state index in [-0.39, 0.29) is 36.0 Å². The molecule has 3 aromatic rings. The van der Waals surface area contributed by atoms with Crippen LogP contribution in [0.2, 0.25) is 0 Å². The van der Waals surface area contributed by atoms with Gasteiger partial charge in [-0.3, -0.25) is 9.59 Å². The summed E-state index contributed by atoms with van der Waals surface area (Å²) < 4.78 is 32.6. The molecule has 0 heterocycles. The molecule has 0 radical (unpaired) electrons. The maximum atomic E-state index is 12.5. The number of hydrogen-bond acceptors (Lipinski definition) is 5. The van der Waals surface area contributed by atoms with Crippen LogP contribution in [0.4, 0.5) is 5.69 Å². The van der Waals surface area contributed by atoms with Gasteiger partial charge < -0.3 is 10.1 Å². The van der Waals surface area contributed by atoms with Crippen molar-refractivity contribution in [3.63, 3.8) is 0 Å². The maximum Gasteiger partial charge on any atom is 0.240 e. The molecule has 172 valence electrons. The van der Waals surface area contributed by atoms with Gasteiger partial charge in [-0.05, 0) is 60.5 Å². The number of anilines is 1. The van der Waals surface area contributed by atoms with Crippen molar-refractivity contribution in [2.24, 2.45) is 0 Å². The average Bonchev–Trinajstić information content (AvgIpc) is 2.83. The second kappa shape index (κ2) is 11.4. The van der Waals surface area contributed by atoms with Gasteiger partial charge in [0, 0.05) is 30.6 Å². The van der Waals surface area contributed by atoms with E-state index < -0.39 is 10.0 Å². The fraction of sp³-hybridized carbons (Fsp3) is 0.200. The van der Waals surface area contributed by atoms with E-state index in [2.05, 4.69) is 10.0 Å². The van der Waals surface area contributed by atoms with E-state index in [0.717, 1.165) is 5.56 Å². The van der Waals surface area contributed by atoms with Crippen LogP contribution in [0.15, 0.2) is 83.8 Å². The molecule has 0 aromatic heterocycles. The smallest absolute Gasteiger partial charge is 0.240 e. The Morgan fingerprint density at radius 1 is 0.848 bits per heavy atom. The molecule has 1 amide bonds. The minimum atomic E-state index is -3.65. The Kier molecular flexibility index (Phi) is 8.34. The summed E-state index contributed by atoms with van der Waals surface area (Å²) in [6.45, 7) is 0.285. The predicted octanol–water partition coefficient (Wildman–Crippen LogP) is 3.82. The highest BCUT2D eigenvalue weighted by Gasteiger charge is 2.14. The maximum absolute atomic E-state index is 12.5. The number of carbonyl (C=O) groups is 2. The van der Waals surface area contributed by atoms with Crippen LogP contribution in [-0.2, 0) is 21.2 Å². The number of nitrogens with one attached hydrogen (secondary N) is 2. The van der Waals surface area contributed by atoms with Gasteiger partial charge in [0.15, 0.2) is 5.78 Å². The Morgan fingerprint density at radius 3 is 2.15 bits per heavy atom. The zero-order valence-corrected chi connectivity index (χ0v) is 19.1. The molecule has 0 unspecified atom stereocenters. The first-order chi connectivity index (χ1) is 15.9. The van der Waals surface area contributed by atoms with Crippen LogP contribution in [0.25, 0.3) is 0 Å². The Bertz CT molecular complexity index is 1180. The van der Waals surface area contributed by atoms with E-state index in [0.29, 0.717) is 23.4 Å². The van der Waals surface area contributed by atoms with Gasteiger partial charge >= 0.3 is 0 Å². The van der Waals surface area contributed by atoms with Crippen molar-refractivity contribution < 1.29 is 22.7 Å². The molecular weight excluding hydrogens is 440 g/mol. The standard InChI is InChI=1S/C25H26N2O5S/c1-32-22-11-7-20(8-12-22)24(28)15-16-25(29)27-21-9-13-23(14-10-21)33(30,31)26-18-17-19-5-3-2-4-6-19/h2-14,26H,15-18H2,1H3,(H,27,29). The first-order valence-corrected chi connectivity index (χ1v) is 12.0. The molecule has 0 aliphatic carbocycles. The van der Waals surface area contributed by atoms with Crippen LogP contribution in [0.3, 0.4) is 0 Å². The molecule has 0 saturated carbocycles. The molecule has 3 rings (SSSR count). The van der Waals surface area contributed by atoms with Crippen LogP contribution in [0, 0.1) is 0 Å². The average molecular weight is 467 g/mol. The van der Waals surface area contributed by atoms with Crippen LogP contribution in [-0.4, -0.2) is 33.8 Å². The number of Topliss-reactive ketones (excluding diaryl/α,β-unsaturated/α-hetero) is 1. The topological polar surface area (TPSA) is 102 Å². The second-order valence-corrected chi connectivity index (χ2v) is 9.12. The van der Waals surface area contributed by atoms with Crippen molar-refractivity contribution in [2.75, 3.05) is 19.0 Å². The van der Waals surface area contributed by atoms with Crippen molar-refractivity contribution in [1.82, 2.24) is 4.72 Å². The van der Waals surface area contributed by atoms with E-state index in [4.69, 9.17) is 4.74 Å². The molecule has 0 aliphatic heterocycles. The molecular formula is C25H26N2O5S. The van der Waals surface area contributed by atoms with E-state index >= 15 is 0 Å². The normalized spacial score (nSPS) is 11.1. The predicted molar refractivity (Wildman–Crippen MR) is 127 cm³/mol. The molecule has 0 aliphatic rings. The van der Waals surface area contributed by atoms with Crippen molar-refractivity contribution in [1.29, 1.82) is 0 Å². The third-order valence-electron chi connectivity index (χ3n) is 4.99. The third-order valence-corrected chi connectivity index (χ3v) is 6.47. The van der Waals surface area contributed by atoms with Crippen molar-refractivity contribution in [3.05, 3.63) is 90.0 Å². The highest BCUT2D eigenvalue weighted by molar-refractivity contribution is 7.89. The number of sulfonamides is 1. The molecule has 0 bridgehead atoms. The summed E-state index contributed by atoms with van der Waals surface area (Å²) in [6, 6.07) is 22.2. The Hall–Kier alpha value is -3.49. The van der Waals surface area contributed by atoms with Gasteiger partial charge in [0.1, 0.15) is 5.75 Å². The summed E-state index contributed by atoms with van der Waals surface area (Å²) in [5.74, 6) is 0.186. The number of hydrogen-bond donors (Lipinski definition) is 2. The van der Waals surface area contributed by atoms with Gasteiger partial charge in [-0.15, -0.1) is 0 Å². The lowest BCUT2D eigenvalue weighted by atomic mass is 10.1. The number of ketones is 1. The molecule has 33 heavy (non-hydrogen) atoms. The SMILES string of the molecule is COc1ccc(C(=O)CCC(=O)Nc2ccc(S(=O)(=O)NCCc3ccccc3)cc2)cc1. The number of methoxy groups -OCH3 is 1. The van der Waals surface area contributed by atoms with Crippen LogP contribution in [0.5, 0.6) is 5.75 Å². The number of rotatable bonds is 11. The monoisotopic (exact) mass is 466 g/mol. The van der Waals surface area contributed by atoms with Gasteiger partial charge in [0.05, 0.1) is 12.0 Å². The van der Waals surface area contributed by atoms with Gasteiger partial charge in [-0.25, -0.2) is 13.1 Å². The fourth-order valence-corrected chi connectivity index (χ4v) is 4.18. The summed E-state index contributed by atoms with van der Waals surface area (Å²) in [4.78, 5) is 24.5. The minimum absolute atomic E-state index is 0.0198. The van der Waals surface area contributed by atoms with Gasteiger partial charge in [-0.2, -0.15) is 0 Å². The lowest BCUT2D eigenvalue weighted by molar-refractivity contribution is -0.116. The Balaban J connectivity index is 1.47. The first kappa shape index (κ1) is 24.2. The second-order valence-electron chi connectivity index (χ2n) is 7.36. The molecule has 7 nitrogen and oxygen atoms in total. The van der Waals surface area contributed by atoms with E-state index in [1.165, 1.54) is 24.3 Å². The number of benzene rings is 3. The van der Waals surface area contributed by atoms with Crippen molar-refractivity contribution in [2.45, 2.75) is 24.2 Å². The van der Waals surface area contributed by atoms with Crippen LogP contribution >= 0.6 is 0 Å². The highest BCUT2D eigenvalue weighted by atomic mass is 32.2. The van der Waals surface area contributed by atoms with Gasteiger partial charge in [0.2, 0.25) is 15.9 Å². The van der Waals surface area contributed by atoms with Crippen LogP contribution in [0.1, 0.15) is 28.8 Å². The molecule has 0 spiro atoms. The molecule has 0 atom stereocenters. The quantitative estimate of drug-likeness (QED) is 0.419. The number of carbonyl (C=O) groups excluding carboxylic acids is 2. The molecule has 3 aromatic carbocycles. The Labute approximate surface area is 193 Å². The number of ether oxygens (including phenoxy) is 1. The zero-order valence-electron chi connectivity index (χ0n) is 18.3. The summed E-state index contributed by atoms with van der Waals surface area (Å²) in [5.41, 5.74) is 2.02. The van der Waals surface area contributed by atoms with Crippen molar-refractivity contribution in [3.8, 4) is 5.75 Å². The minimum Gasteiger partial charge on any atom is -0.497 e. The van der Waals surface area contributed by atoms with E-state index in [1.807, 2.05) is 30.3 Å². The lowest BCUT2D eigenvalue weighted by Gasteiger charge is -2.09. The first-order valence-electron chi connectivity index (χ1n) is 10.5. The molecule has 0 fully saturated rings. The lowest BCUT2D eigenvalue weighted by Crippen LogP contribution is -2.26. The summed E-state index contributed by atoms with van der Waals surface area (Å²) >= 11 is 0. The largest absolute Gasteiger partial charge is 0.497 e. The highest BCUT2D eigenvalue weighted by Crippen LogP contribution is 2.16. The zero-order chi connectivity index (χ0) is 23.7. The fourth-order valence-electron chi connectivity index (χ4n) is 3.15. The summed E-state index contributed by atoms with van der Waals surface area (Å²) in [5, 5.41) is 2.68. The molecule has 8 heteroatoms. The van der Waals surface area contributed by atoms with Gasteiger partial charge in [-0.1, -0.05) is 30.3 Å². The molecule has 0 saturated heterocycles. The third kappa shape index (κ3) is 7.27. The molecule has 2 N–H and O–H groups in total. The summed E-state index contributed by atoms with van der Waals surface area (Å²) in [6.07, 6.45) is 0.672. The van der Waals surface area contributed by atoms with E-state index in [9.17, 15) is 18.0 Å². The Morgan fingerprint density at radius 2 is 1.52 bits per heavy atom. The van der Waals surface area contributed by atoms with Crippen LogP contribution < -0.4 is 14.8 Å². The summed E-state index contributed by atoms with van der Waals surface area (Å²) in [7, 11) is -2.10. The van der Waals surface area contributed by atoms with Gasteiger partial charge in [0.25, 0.3) is 0 Å². The van der Waals surface area contributed by atoms with Crippen molar-refractivity contribution >= 4 is 27.4 Å². The number of amides is 1.